The summed E-state index contributed by atoms with van der Waals surface area (Å²) in [4.78, 5) is 21.5. The standard InChI is InChI=1S/C15H11ClF3N3O2S/c1-7-12(22-24-13(7)15(17,18)19)10-2-3-11(25-10)14(23)21-9-4-5-20-6-8(9)16/h2-6,12,22H,1H3,(H,20,21,23). The Morgan fingerprint density at radius 1 is 1.40 bits per heavy atom. The molecule has 5 nitrogen and oxygen atoms in total. The highest BCUT2D eigenvalue weighted by molar-refractivity contribution is 7.14. The Bertz CT molecular complexity index is 851. The maximum absolute atomic E-state index is 12.8. The lowest BCUT2D eigenvalue weighted by atomic mass is 10.1. The van der Waals surface area contributed by atoms with Crippen LogP contribution in [0.1, 0.15) is 27.5 Å². The monoisotopic (exact) mass is 389 g/mol. The second-order valence-electron chi connectivity index (χ2n) is 5.17. The van der Waals surface area contributed by atoms with Crippen LogP contribution in [0.3, 0.4) is 0 Å². The Labute approximate surface area is 149 Å². The zero-order valence-corrected chi connectivity index (χ0v) is 14.2. The fourth-order valence-corrected chi connectivity index (χ4v) is 3.44. The molecule has 0 fully saturated rings. The van der Waals surface area contributed by atoms with Crippen molar-refractivity contribution in [1.82, 2.24) is 10.5 Å². The van der Waals surface area contributed by atoms with Crippen LogP contribution in [0.5, 0.6) is 0 Å². The third-order valence-corrected chi connectivity index (χ3v) is 4.93. The molecule has 25 heavy (non-hydrogen) atoms. The lowest BCUT2D eigenvalue weighted by Crippen LogP contribution is -2.16. The largest absolute Gasteiger partial charge is 0.451 e. The molecule has 132 valence electrons. The number of aromatic nitrogens is 1. The smallest absolute Gasteiger partial charge is 0.403 e. The molecule has 1 aliphatic heterocycles. The number of nitrogens with zero attached hydrogens (tertiary/aromatic N) is 1. The summed E-state index contributed by atoms with van der Waals surface area (Å²) in [5.41, 5.74) is 2.76. The third-order valence-electron chi connectivity index (χ3n) is 3.48. The summed E-state index contributed by atoms with van der Waals surface area (Å²) in [5, 5.41) is 2.91. The van der Waals surface area contributed by atoms with Crippen molar-refractivity contribution in [1.29, 1.82) is 0 Å². The van der Waals surface area contributed by atoms with Crippen LogP contribution in [-0.2, 0) is 4.84 Å². The van der Waals surface area contributed by atoms with Gasteiger partial charge < -0.3 is 10.2 Å². The van der Waals surface area contributed by atoms with E-state index < -0.39 is 23.9 Å². The van der Waals surface area contributed by atoms with Gasteiger partial charge in [-0.3, -0.25) is 9.78 Å². The van der Waals surface area contributed by atoms with Crippen molar-refractivity contribution < 1.29 is 22.8 Å². The molecule has 0 aromatic carbocycles. The number of alkyl halides is 3. The maximum Gasteiger partial charge on any atom is 0.451 e. The van der Waals surface area contributed by atoms with Crippen LogP contribution in [0.15, 0.2) is 41.9 Å². The van der Waals surface area contributed by atoms with Crippen LogP contribution in [-0.4, -0.2) is 17.1 Å². The van der Waals surface area contributed by atoms with Gasteiger partial charge >= 0.3 is 6.18 Å². The molecule has 0 bridgehead atoms. The van der Waals surface area contributed by atoms with E-state index in [9.17, 15) is 18.0 Å². The number of rotatable bonds is 3. The summed E-state index contributed by atoms with van der Waals surface area (Å²) in [6.07, 6.45) is -1.70. The SMILES string of the molecule is CC1=C(C(F)(F)F)ONC1c1ccc(C(=O)Nc2ccncc2Cl)s1. The van der Waals surface area contributed by atoms with E-state index in [2.05, 4.69) is 20.6 Å². The summed E-state index contributed by atoms with van der Waals surface area (Å²) in [5.74, 6) is -1.47. The minimum absolute atomic E-state index is 0.0125. The molecular formula is C15H11ClF3N3O2S. The summed E-state index contributed by atoms with van der Waals surface area (Å²) in [6, 6.07) is 3.90. The van der Waals surface area contributed by atoms with Crippen LogP contribution in [0.25, 0.3) is 0 Å². The number of nitrogens with one attached hydrogen (secondary N) is 2. The van der Waals surface area contributed by atoms with Gasteiger partial charge in [-0.1, -0.05) is 11.6 Å². The molecule has 1 amide bonds. The average molecular weight is 390 g/mol. The van der Waals surface area contributed by atoms with Crippen molar-refractivity contribution in [2.24, 2.45) is 0 Å². The fraction of sp³-hybridized carbons (Fsp3) is 0.200. The molecule has 0 spiro atoms. The van der Waals surface area contributed by atoms with E-state index in [-0.39, 0.29) is 10.6 Å². The first-order valence-electron chi connectivity index (χ1n) is 6.98. The van der Waals surface area contributed by atoms with E-state index in [4.69, 9.17) is 11.6 Å². The van der Waals surface area contributed by atoms with Gasteiger partial charge in [0.05, 0.1) is 15.6 Å². The van der Waals surface area contributed by atoms with E-state index in [0.29, 0.717) is 15.4 Å². The predicted molar refractivity (Wildman–Crippen MR) is 87.2 cm³/mol. The van der Waals surface area contributed by atoms with Gasteiger partial charge in [0.25, 0.3) is 5.91 Å². The Kier molecular flexibility index (Phi) is 4.72. The molecule has 2 N–H and O–H groups in total. The normalized spacial score (nSPS) is 17.6. The number of halogens is 4. The average Bonchev–Trinajstić information content (AvgIpc) is 3.15. The molecule has 1 unspecified atom stereocenters. The summed E-state index contributed by atoms with van der Waals surface area (Å²) in [6.45, 7) is 1.34. The first-order chi connectivity index (χ1) is 11.8. The lowest BCUT2D eigenvalue weighted by Gasteiger charge is -2.07. The minimum atomic E-state index is -4.57. The number of allylic oxidation sites excluding steroid dienone is 1. The first kappa shape index (κ1) is 17.7. The zero-order chi connectivity index (χ0) is 18.2. The minimum Gasteiger partial charge on any atom is -0.403 e. The van der Waals surface area contributed by atoms with Crippen LogP contribution in [0.4, 0.5) is 18.9 Å². The lowest BCUT2D eigenvalue weighted by molar-refractivity contribution is -0.137. The van der Waals surface area contributed by atoms with E-state index in [1.165, 1.54) is 25.4 Å². The molecule has 10 heteroatoms. The number of carbonyl (C=O) groups is 1. The number of pyridine rings is 1. The van der Waals surface area contributed by atoms with Crippen LogP contribution in [0, 0.1) is 0 Å². The van der Waals surface area contributed by atoms with Crippen molar-refractivity contribution in [3.63, 3.8) is 0 Å². The van der Waals surface area contributed by atoms with Gasteiger partial charge in [-0.2, -0.15) is 13.2 Å². The van der Waals surface area contributed by atoms with Crippen molar-refractivity contribution in [3.05, 3.63) is 56.7 Å². The van der Waals surface area contributed by atoms with Crippen molar-refractivity contribution >= 4 is 34.5 Å². The van der Waals surface area contributed by atoms with Gasteiger partial charge in [-0.25, -0.2) is 0 Å². The number of thiophene rings is 1. The molecular weight excluding hydrogens is 379 g/mol. The highest BCUT2D eigenvalue weighted by Crippen LogP contribution is 2.40. The van der Waals surface area contributed by atoms with Crippen LogP contribution in [0.2, 0.25) is 5.02 Å². The van der Waals surface area contributed by atoms with Gasteiger partial charge in [-0.05, 0) is 25.1 Å². The number of hydrogen-bond donors (Lipinski definition) is 2. The number of amides is 1. The Balaban J connectivity index is 1.78. The number of carbonyl (C=O) groups excluding carboxylic acids is 1. The Morgan fingerprint density at radius 3 is 2.80 bits per heavy atom. The molecule has 2 aromatic heterocycles. The molecule has 3 heterocycles. The highest BCUT2D eigenvalue weighted by Gasteiger charge is 2.44. The summed E-state index contributed by atoms with van der Waals surface area (Å²) in [7, 11) is 0. The van der Waals surface area contributed by atoms with E-state index in [1.807, 2.05) is 0 Å². The van der Waals surface area contributed by atoms with E-state index in [0.717, 1.165) is 11.3 Å². The summed E-state index contributed by atoms with van der Waals surface area (Å²) < 4.78 is 38.4. The second-order valence-corrected chi connectivity index (χ2v) is 6.70. The third kappa shape index (κ3) is 3.63. The molecule has 0 radical (unpaired) electrons. The fourth-order valence-electron chi connectivity index (χ4n) is 2.26. The van der Waals surface area contributed by atoms with Crippen molar-refractivity contribution in [3.8, 4) is 0 Å². The molecule has 0 saturated carbocycles. The quantitative estimate of drug-likeness (QED) is 0.813. The van der Waals surface area contributed by atoms with E-state index in [1.54, 1.807) is 12.1 Å². The van der Waals surface area contributed by atoms with Gasteiger partial charge in [0.15, 0.2) is 0 Å². The molecule has 3 rings (SSSR count). The topological polar surface area (TPSA) is 63.2 Å². The van der Waals surface area contributed by atoms with Crippen molar-refractivity contribution in [2.45, 2.75) is 19.1 Å². The van der Waals surface area contributed by atoms with Gasteiger partial charge in [0.2, 0.25) is 5.76 Å². The summed E-state index contributed by atoms with van der Waals surface area (Å²) >= 11 is 6.99. The predicted octanol–water partition coefficient (Wildman–Crippen LogP) is 4.46. The molecule has 2 aromatic rings. The van der Waals surface area contributed by atoms with Crippen LogP contribution < -0.4 is 10.8 Å². The molecule has 0 aliphatic carbocycles. The van der Waals surface area contributed by atoms with Gasteiger partial charge in [0, 0.05) is 22.8 Å². The maximum atomic E-state index is 12.8. The highest BCUT2D eigenvalue weighted by atomic mass is 35.5. The zero-order valence-electron chi connectivity index (χ0n) is 12.6. The second kappa shape index (κ2) is 6.66. The molecule has 1 aliphatic rings. The van der Waals surface area contributed by atoms with Crippen molar-refractivity contribution in [2.75, 3.05) is 5.32 Å². The molecule has 1 atom stereocenters. The van der Waals surface area contributed by atoms with E-state index >= 15 is 0 Å². The first-order valence-corrected chi connectivity index (χ1v) is 8.17. The Morgan fingerprint density at radius 2 is 2.16 bits per heavy atom. The van der Waals surface area contributed by atoms with Gasteiger partial charge in [0.1, 0.15) is 6.04 Å². The number of anilines is 1. The number of hydrogen-bond acceptors (Lipinski definition) is 5. The molecule has 0 saturated heterocycles. The number of hydroxylamine groups is 1. The van der Waals surface area contributed by atoms with Gasteiger partial charge in [-0.15, -0.1) is 16.8 Å². The van der Waals surface area contributed by atoms with Crippen LogP contribution >= 0.6 is 22.9 Å². The Hall–Kier alpha value is -2.10.